The van der Waals surface area contributed by atoms with E-state index in [0.717, 1.165) is 5.56 Å². The first-order chi connectivity index (χ1) is 7.26. The Morgan fingerprint density at radius 1 is 1.38 bits per heavy atom. The van der Waals surface area contributed by atoms with Crippen molar-refractivity contribution in [2.75, 3.05) is 0 Å². The van der Waals surface area contributed by atoms with Crippen molar-refractivity contribution >= 4 is 5.97 Å². The molecule has 1 rings (SSSR count). The van der Waals surface area contributed by atoms with Crippen LogP contribution in [-0.2, 0) is 10.2 Å². The number of hydrogen-bond donors (Lipinski definition) is 3. The van der Waals surface area contributed by atoms with Crippen molar-refractivity contribution < 1.29 is 20.1 Å². The van der Waals surface area contributed by atoms with E-state index in [9.17, 15) is 15.0 Å². The second-order valence-electron chi connectivity index (χ2n) is 4.48. The van der Waals surface area contributed by atoms with Gasteiger partial charge in [-0.25, -0.2) is 4.79 Å². The number of aliphatic hydroxyl groups excluding tert-OH is 1. The van der Waals surface area contributed by atoms with Crippen molar-refractivity contribution in [3.8, 4) is 5.75 Å². The first-order valence-corrected chi connectivity index (χ1v) is 4.97. The van der Waals surface area contributed by atoms with E-state index in [1.807, 2.05) is 6.92 Å². The van der Waals surface area contributed by atoms with Gasteiger partial charge in [0, 0.05) is 11.0 Å². The van der Waals surface area contributed by atoms with Gasteiger partial charge in [0.25, 0.3) is 0 Å². The number of aliphatic hydroxyl groups is 1. The molecule has 0 saturated heterocycles. The maximum absolute atomic E-state index is 10.8. The van der Waals surface area contributed by atoms with Crippen molar-refractivity contribution in [3.63, 3.8) is 0 Å². The topological polar surface area (TPSA) is 77.8 Å². The van der Waals surface area contributed by atoms with Crippen LogP contribution in [0.2, 0.25) is 0 Å². The van der Waals surface area contributed by atoms with Gasteiger partial charge in [-0.2, -0.15) is 0 Å². The number of carbonyl (C=O) groups is 1. The molecule has 0 bridgehead atoms. The second-order valence-corrected chi connectivity index (χ2v) is 4.48. The quantitative estimate of drug-likeness (QED) is 0.725. The molecule has 4 heteroatoms. The number of rotatable bonds is 3. The van der Waals surface area contributed by atoms with E-state index in [4.69, 9.17) is 5.11 Å². The van der Waals surface area contributed by atoms with E-state index in [1.165, 1.54) is 0 Å². The van der Waals surface area contributed by atoms with Crippen LogP contribution in [-0.4, -0.2) is 27.4 Å². The monoisotopic (exact) mass is 224 g/mol. The molecule has 1 aromatic carbocycles. The minimum Gasteiger partial charge on any atom is -0.508 e. The Labute approximate surface area is 94.2 Å². The summed E-state index contributed by atoms with van der Waals surface area (Å²) in [6.45, 7) is 4.98. The Hall–Kier alpha value is -1.55. The third kappa shape index (κ3) is 2.17. The fourth-order valence-electron chi connectivity index (χ4n) is 1.64. The standard InChI is InChI=1S/C12H16O4/c1-7-4-5-8(9(13)6-7)12(2,3)10(14)11(15)16/h4-6,10,13-14H,1-3H3,(H,15,16). The number of hydrogen-bond acceptors (Lipinski definition) is 3. The normalized spacial score (nSPS) is 13.5. The molecule has 0 aliphatic rings. The van der Waals surface area contributed by atoms with Crippen LogP contribution < -0.4 is 0 Å². The van der Waals surface area contributed by atoms with Gasteiger partial charge < -0.3 is 15.3 Å². The molecule has 1 aromatic rings. The Kier molecular flexibility index (Phi) is 3.24. The van der Waals surface area contributed by atoms with Crippen LogP contribution in [0.4, 0.5) is 0 Å². The molecule has 3 N–H and O–H groups in total. The van der Waals surface area contributed by atoms with Crippen LogP contribution in [0.15, 0.2) is 18.2 Å². The average molecular weight is 224 g/mol. The van der Waals surface area contributed by atoms with Crippen LogP contribution in [0.25, 0.3) is 0 Å². The molecular weight excluding hydrogens is 208 g/mol. The van der Waals surface area contributed by atoms with Crippen molar-refractivity contribution in [3.05, 3.63) is 29.3 Å². The predicted octanol–water partition coefficient (Wildman–Crippen LogP) is 1.42. The molecule has 88 valence electrons. The van der Waals surface area contributed by atoms with Crippen molar-refractivity contribution in [2.24, 2.45) is 0 Å². The molecule has 1 atom stereocenters. The maximum Gasteiger partial charge on any atom is 0.333 e. The van der Waals surface area contributed by atoms with Gasteiger partial charge in [0.1, 0.15) is 5.75 Å². The van der Waals surface area contributed by atoms with Gasteiger partial charge in [-0.3, -0.25) is 0 Å². The zero-order valence-electron chi connectivity index (χ0n) is 9.56. The number of aliphatic carboxylic acids is 1. The first kappa shape index (κ1) is 12.5. The van der Waals surface area contributed by atoms with E-state index in [2.05, 4.69) is 0 Å². The second kappa shape index (κ2) is 4.14. The summed E-state index contributed by atoms with van der Waals surface area (Å²) in [5.74, 6) is -1.30. The zero-order chi connectivity index (χ0) is 12.5. The maximum atomic E-state index is 10.8. The molecule has 0 heterocycles. The highest BCUT2D eigenvalue weighted by atomic mass is 16.4. The lowest BCUT2D eigenvalue weighted by molar-refractivity contribution is -0.150. The summed E-state index contributed by atoms with van der Waals surface area (Å²) < 4.78 is 0. The fourth-order valence-corrected chi connectivity index (χ4v) is 1.64. The Morgan fingerprint density at radius 3 is 2.38 bits per heavy atom. The van der Waals surface area contributed by atoms with Gasteiger partial charge in [0.15, 0.2) is 6.10 Å². The molecule has 0 saturated carbocycles. The Balaban J connectivity index is 3.21. The highest BCUT2D eigenvalue weighted by Crippen LogP contribution is 2.34. The summed E-state index contributed by atoms with van der Waals surface area (Å²) >= 11 is 0. The number of benzene rings is 1. The van der Waals surface area contributed by atoms with Gasteiger partial charge in [-0.1, -0.05) is 26.0 Å². The third-order valence-corrected chi connectivity index (χ3v) is 2.76. The summed E-state index contributed by atoms with van der Waals surface area (Å²) in [6, 6.07) is 4.95. The van der Waals surface area contributed by atoms with Gasteiger partial charge in [-0.05, 0) is 18.6 Å². The van der Waals surface area contributed by atoms with Gasteiger partial charge >= 0.3 is 5.97 Å². The van der Waals surface area contributed by atoms with E-state index in [0.29, 0.717) is 5.56 Å². The fraction of sp³-hybridized carbons (Fsp3) is 0.417. The van der Waals surface area contributed by atoms with Crippen LogP contribution in [0.5, 0.6) is 5.75 Å². The largest absolute Gasteiger partial charge is 0.508 e. The lowest BCUT2D eigenvalue weighted by atomic mass is 9.78. The smallest absolute Gasteiger partial charge is 0.333 e. The summed E-state index contributed by atoms with van der Waals surface area (Å²) in [5.41, 5.74) is 0.263. The lowest BCUT2D eigenvalue weighted by Crippen LogP contribution is -2.39. The van der Waals surface area contributed by atoms with Crippen LogP contribution >= 0.6 is 0 Å². The van der Waals surface area contributed by atoms with Crippen molar-refractivity contribution in [1.82, 2.24) is 0 Å². The van der Waals surface area contributed by atoms with Crippen molar-refractivity contribution in [1.29, 1.82) is 0 Å². The minimum atomic E-state index is -1.55. The van der Waals surface area contributed by atoms with Crippen molar-refractivity contribution in [2.45, 2.75) is 32.3 Å². The number of aryl methyl sites for hydroxylation is 1. The van der Waals surface area contributed by atoms with Crippen LogP contribution in [0.1, 0.15) is 25.0 Å². The summed E-state index contributed by atoms with van der Waals surface area (Å²) in [7, 11) is 0. The molecule has 4 nitrogen and oxygen atoms in total. The van der Waals surface area contributed by atoms with Crippen LogP contribution in [0.3, 0.4) is 0 Å². The molecular formula is C12H16O4. The van der Waals surface area contributed by atoms with Gasteiger partial charge in [0.05, 0.1) is 0 Å². The molecule has 0 radical (unpaired) electrons. The molecule has 0 amide bonds. The molecule has 0 fully saturated rings. The van der Waals surface area contributed by atoms with E-state index < -0.39 is 17.5 Å². The number of phenolic OH excluding ortho intramolecular Hbond substituents is 1. The highest BCUT2D eigenvalue weighted by Gasteiger charge is 2.36. The Bertz CT molecular complexity index is 409. The number of aromatic hydroxyl groups is 1. The van der Waals surface area contributed by atoms with Gasteiger partial charge in [-0.15, -0.1) is 0 Å². The average Bonchev–Trinajstić information content (AvgIpc) is 2.15. The SMILES string of the molecule is Cc1ccc(C(C)(C)C(O)C(=O)O)c(O)c1. The number of carboxylic acids is 1. The third-order valence-electron chi connectivity index (χ3n) is 2.76. The number of phenols is 1. The van der Waals surface area contributed by atoms with E-state index >= 15 is 0 Å². The van der Waals surface area contributed by atoms with Crippen LogP contribution in [0, 0.1) is 6.92 Å². The number of carboxylic acid groups (broad SMARTS) is 1. The van der Waals surface area contributed by atoms with Gasteiger partial charge in [0.2, 0.25) is 0 Å². The minimum absolute atomic E-state index is 0.00491. The first-order valence-electron chi connectivity index (χ1n) is 4.97. The molecule has 16 heavy (non-hydrogen) atoms. The summed E-state index contributed by atoms with van der Waals surface area (Å²) in [6.07, 6.45) is -1.55. The molecule has 0 aliphatic carbocycles. The molecule has 0 spiro atoms. The molecule has 1 unspecified atom stereocenters. The highest BCUT2D eigenvalue weighted by molar-refractivity contribution is 5.74. The zero-order valence-corrected chi connectivity index (χ0v) is 9.56. The predicted molar refractivity (Wildman–Crippen MR) is 59.5 cm³/mol. The Morgan fingerprint density at radius 2 is 1.94 bits per heavy atom. The van der Waals surface area contributed by atoms with E-state index in [-0.39, 0.29) is 5.75 Å². The summed E-state index contributed by atoms with van der Waals surface area (Å²) in [5, 5.41) is 28.1. The summed E-state index contributed by atoms with van der Waals surface area (Å²) in [4.78, 5) is 10.8. The molecule has 0 aromatic heterocycles. The molecule has 0 aliphatic heterocycles. The van der Waals surface area contributed by atoms with E-state index in [1.54, 1.807) is 32.0 Å². The lowest BCUT2D eigenvalue weighted by Gasteiger charge is -2.29.